The van der Waals surface area contributed by atoms with E-state index in [1.54, 1.807) is 0 Å². The van der Waals surface area contributed by atoms with Gasteiger partial charge in [-0.15, -0.1) is 0 Å². The van der Waals surface area contributed by atoms with Crippen LogP contribution < -0.4 is 15.3 Å². The number of ether oxygens (including phenoxy) is 1. The van der Waals surface area contributed by atoms with Crippen molar-refractivity contribution < 1.29 is 4.74 Å². The highest BCUT2D eigenvalue weighted by Gasteiger charge is 2.56. The molecule has 0 aromatic heterocycles. The summed E-state index contributed by atoms with van der Waals surface area (Å²) < 4.78 is 7.06. The number of nitrogens with zero attached hydrogens (tertiary/aromatic N) is 2. The van der Waals surface area contributed by atoms with Crippen LogP contribution in [0.3, 0.4) is 0 Å². The third-order valence-electron chi connectivity index (χ3n) is 16.8. The van der Waals surface area contributed by atoms with Crippen molar-refractivity contribution in [3.8, 4) is 0 Å². The second-order valence-corrected chi connectivity index (χ2v) is 23.8. The quantitative estimate of drug-likeness (QED) is 0.186. The highest BCUT2D eigenvalue weighted by Crippen LogP contribution is 2.59. The molecule has 65 heavy (non-hydrogen) atoms. The van der Waals surface area contributed by atoms with Crippen LogP contribution in [0.25, 0.3) is 0 Å². The van der Waals surface area contributed by atoms with E-state index >= 15 is 0 Å². The maximum Gasteiger partial charge on any atom is 0.221 e. The normalized spacial score (nSPS) is 24.2. The number of hydrogen-bond donors (Lipinski definition) is 0. The molecule has 10 rings (SSSR count). The van der Waals surface area contributed by atoms with Crippen LogP contribution in [-0.2, 0) is 15.6 Å². The van der Waals surface area contributed by atoms with Crippen molar-refractivity contribution in [2.75, 3.05) is 16.4 Å². The Bertz CT molecular complexity index is 2710. The third kappa shape index (κ3) is 6.90. The minimum Gasteiger partial charge on any atom is -0.492 e. The molecule has 4 aromatic carbocycles. The number of rotatable bonds is 5. The van der Waals surface area contributed by atoms with Crippen LogP contribution in [0, 0.1) is 29.1 Å². The minimum absolute atomic E-state index is 0.00639. The molecule has 3 atom stereocenters. The SMILES string of the molecule is CC1=C(C2=C(C)C(C)(C)CCC2(C)C)N(C2=CCC(C(C)(C)C)C=C2)c2cc(C)cc3c2B1C1C=C2C(=CC1N3c1ccc(C(C)(C)C)cc1)OCC2(c1ccccc1)c1ccccc1. The molecule has 1 fully saturated rings. The Labute approximate surface area is 391 Å². The van der Waals surface area contributed by atoms with Gasteiger partial charge in [-0.3, -0.25) is 0 Å². The molecular formula is C61H71BN2O. The molecule has 0 saturated carbocycles. The molecule has 3 aliphatic heterocycles. The number of allylic oxidation sites excluding steroid dienone is 7. The van der Waals surface area contributed by atoms with Gasteiger partial charge in [-0.2, -0.15) is 0 Å². The smallest absolute Gasteiger partial charge is 0.221 e. The first-order valence-electron chi connectivity index (χ1n) is 24.6. The molecule has 1 saturated heterocycles. The summed E-state index contributed by atoms with van der Waals surface area (Å²) in [5.74, 6) is 1.63. The lowest BCUT2D eigenvalue weighted by Crippen LogP contribution is -2.58. The van der Waals surface area contributed by atoms with E-state index in [-0.39, 0.29) is 40.2 Å². The van der Waals surface area contributed by atoms with Gasteiger partial charge in [-0.05, 0) is 143 Å². The van der Waals surface area contributed by atoms with Gasteiger partial charge in [0.2, 0.25) is 6.71 Å². The van der Waals surface area contributed by atoms with Crippen molar-refractivity contribution in [2.24, 2.45) is 22.2 Å². The van der Waals surface area contributed by atoms with Crippen molar-refractivity contribution in [1.82, 2.24) is 0 Å². The fourth-order valence-corrected chi connectivity index (χ4v) is 12.6. The fourth-order valence-electron chi connectivity index (χ4n) is 12.6. The molecule has 334 valence electrons. The molecule has 0 N–H and O–H groups in total. The Balaban J connectivity index is 1.29. The zero-order valence-corrected chi connectivity index (χ0v) is 41.6. The predicted octanol–water partition coefficient (Wildman–Crippen LogP) is 15.0. The lowest BCUT2D eigenvalue weighted by Gasteiger charge is -2.53. The van der Waals surface area contributed by atoms with E-state index in [0.717, 1.165) is 18.6 Å². The molecule has 4 aromatic rings. The zero-order chi connectivity index (χ0) is 46.0. The van der Waals surface area contributed by atoms with Gasteiger partial charge in [-0.1, -0.05) is 171 Å². The monoisotopic (exact) mass is 859 g/mol. The van der Waals surface area contributed by atoms with Crippen LogP contribution in [-0.4, -0.2) is 19.4 Å². The third-order valence-corrected chi connectivity index (χ3v) is 16.8. The maximum atomic E-state index is 7.06. The number of aryl methyl sites for hydroxylation is 1. The Morgan fingerprint density at radius 1 is 0.723 bits per heavy atom. The number of hydrogen-bond acceptors (Lipinski definition) is 3. The summed E-state index contributed by atoms with van der Waals surface area (Å²) in [5.41, 5.74) is 19.0. The van der Waals surface area contributed by atoms with Gasteiger partial charge in [0, 0.05) is 34.0 Å². The highest BCUT2D eigenvalue weighted by atomic mass is 16.5. The Morgan fingerprint density at radius 2 is 1.34 bits per heavy atom. The van der Waals surface area contributed by atoms with Gasteiger partial charge in [0.1, 0.15) is 12.4 Å². The van der Waals surface area contributed by atoms with E-state index in [9.17, 15) is 0 Å². The average Bonchev–Trinajstić information content (AvgIpc) is 3.65. The van der Waals surface area contributed by atoms with Gasteiger partial charge in [0.15, 0.2) is 0 Å². The summed E-state index contributed by atoms with van der Waals surface area (Å²) in [6.45, 7) is 32.1. The summed E-state index contributed by atoms with van der Waals surface area (Å²) in [4.78, 5) is 5.42. The summed E-state index contributed by atoms with van der Waals surface area (Å²) >= 11 is 0. The molecule has 0 amide bonds. The minimum atomic E-state index is -0.439. The Kier molecular flexibility index (Phi) is 10.2. The summed E-state index contributed by atoms with van der Waals surface area (Å²) in [5, 5.41) is 0. The number of anilines is 3. The molecule has 0 spiro atoms. The van der Waals surface area contributed by atoms with Gasteiger partial charge in [0.05, 0.1) is 11.5 Å². The van der Waals surface area contributed by atoms with E-state index in [1.807, 2.05) is 0 Å². The van der Waals surface area contributed by atoms with Crippen molar-refractivity contribution in [3.05, 3.63) is 189 Å². The van der Waals surface area contributed by atoms with Crippen LogP contribution in [0.15, 0.2) is 167 Å². The van der Waals surface area contributed by atoms with Crippen molar-refractivity contribution in [3.63, 3.8) is 0 Å². The zero-order valence-electron chi connectivity index (χ0n) is 41.6. The fraction of sp³-hybridized carbons (Fsp3) is 0.410. The molecule has 0 bridgehead atoms. The standard InChI is InChI=1S/C61H71BN2O/c1-39-34-51-55-52(35-39)64(47-30-26-43(27-31-47)58(7,8)9)56(54-40(2)59(10,11)32-33-60(54,12)13)41(3)62(55)49-36-48-53(37-50(49)63(51)46-28-24-42(25-29-46)57(4,5)6)65-38-61(48,44-20-16-14-17-21-44)45-22-18-15-19-23-45/h14-26,28-31,34-37,43,49-50H,27,32-33,38H2,1-13H3. The van der Waals surface area contributed by atoms with Crippen LogP contribution in [0.4, 0.5) is 17.1 Å². The van der Waals surface area contributed by atoms with Gasteiger partial charge in [-0.25, -0.2) is 0 Å². The predicted molar refractivity (Wildman–Crippen MR) is 277 cm³/mol. The Hall–Kier alpha value is -5.22. The largest absolute Gasteiger partial charge is 0.492 e. The lowest BCUT2D eigenvalue weighted by molar-refractivity contribution is 0.236. The first-order valence-corrected chi connectivity index (χ1v) is 24.6. The van der Waals surface area contributed by atoms with Crippen LogP contribution >= 0.6 is 0 Å². The maximum absolute atomic E-state index is 7.06. The second-order valence-electron chi connectivity index (χ2n) is 23.8. The van der Waals surface area contributed by atoms with E-state index in [0.29, 0.717) is 12.5 Å². The van der Waals surface area contributed by atoms with Crippen LogP contribution in [0.2, 0.25) is 5.82 Å². The van der Waals surface area contributed by atoms with Gasteiger partial charge < -0.3 is 14.5 Å². The van der Waals surface area contributed by atoms with E-state index < -0.39 is 5.41 Å². The highest BCUT2D eigenvalue weighted by molar-refractivity contribution is 6.85. The van der Waals surface area contributed by atoms with Gasteiger partial charge >= 0.3 is 0 Å². The topological polar surface area (TPSA) is 15.7 Å². The molecule has 3 heterocycles. The summed E-state index contributed by atoms with van der Waals surface area (Å²) in [7, 11) is 0. The van der Waals surface area contributed by atoms with E-state index in [1.165, 1.54) is 84.8 Å². The molecule has 3 unspecified atom stereocenters. The Morgan fingerprint density at radius 3 is 1.92 bits per heavy atom. The lowest BCUT2D eigenvalue weighted by atomic mass is 9.28. The molecule has 3 aliphatic carbocycles. The van der Waals surface area contributed by atoms with Crippen molar-refractivity contribution >= 4 is 29.2 Å². The van der Waals surface area contributed by atoms with E-state index in [2.05, 4.69) is 227 Å². The van der Waals surface area contributed by atoms with Crippen molar-refractivity contribution in [2.45, 2.75) is 132 Å². The average molecular weight is 859 g/mol. The molecule has 3 nitrogen and oxygen atoms in total. The first kappa shape index (κ1) is 43.7. The second kappa shape index (κ2) is 15.2. The molecular weight excluding hydrogens is 787 g/mol. The number of benzene rings is 4. The van der Waals surface area contributed by atoms with Crippen LogP contribution in [0.1, 0.15) is 125 Å². The van der Waals surface area contributed by atoms with Crippen LogP contribution in [0.5, 0.6) is 0 Å². The van der Waals surface area contributed by atoms with E-state index in [4.69, 9.17) is 4.74 Å². The molecule has 4 heteroatoms. The molecule has 0 radical (unpaired) electrons. The molecule has 6 aliphatic rings. The number of fused-ring (bicyclic) bond motifs is 3. The summed E-state index contributed by atoms with van der Waals surface area (Å²) in [6.07, 6.45) is 16.1. The summed E-state index contributed by atoms with van der Waals surface area (Å²) in [6, 6.07) is 36.8. The van der Waals surface area contributed by atoms with Gasteiger partial charge in [0.25, 0.3) is 0 Å². The first-order chi connectivity index (χ1) is 30.7. The van der Waals surface area contributed by atoms with Crippen molar-refractivity contribution in [1.29, 1.82) is 0 Å².